The standard InChI is InChI=1S/C17H15ClN4O4S/c1-22(2)27(24,25)12-9-7-11(8-10-12)16-20-21-17(26-16)19-15(23)13-5-3-4-6-14(13)18/h3-10H,1-2H3,(H,19,21,23). The first-order chi connectivity index (χ1) is 12.8. The Morgan fingerprint density at radius 2 is 1.74 bits per heavy atom. The summed E-state index contributed by atoms with van der Waals surface area (Å²) in [5.41, 5.74) is 0.788. The Labute approximate surface area is 160 Å². The molecule has 0 atom stereocenters. The fourth-order valence-electron chi connectivity index (χ4n) is 2.18. The number of carbonyl (C=O) groups excluding carboxylic acids is 1. The second-order valence-electron chi connectivity index (χ2n) is 5.66. The molecular formula is C17H15ClN4O4S. The van der Waals surface area contributed by atoms with Crippen LogP contribution in [0, 0.1) is 0 Å². The summed E-state index contributed by atoms with van der Waals surface area (Å²) >= 11 is 5.98. The van der Waals surface area contributed by atoms with E-state index in [0.717, 1.165) is 4.31 Å². The Bertz CT molecular complexity index is 1080. The van der Waals surface area contributed by atoms with Crippen molar-refractivity contribution < 1.29 is 17.6 Å². The number of hydrogen-bond acceptors (Lipinski definition) is 6. The first-order valence-corrected chi connectivity index (χ1v) is 9.53. The van der Waals surface area contributed by atoms with Gasteiger partial charge in [0.25, 0.3) is 5.91 Å². The van der Waals surface area contributed by atoms with Crippen molar-refractivity contribution in [1.82, 2.24) is 14.5 Å². The highest BCUT2D eigenvalue weighted by Gasteiger charge is 2.18. The van der Waals surface area contributed by atoms with Gasteiger partial charge < -0.3 is 4.42 Å². The lowest BCUT2D eigenvalue weighted by molar-refractivity contribution is 0.102. The van der Waals surface area contributed by atoms with E-state index in [1.54, 1.807) is 36.4 Å². The third-order valence-corrected chi connectivity index (χ3v) is 5.80. The van der Waals surface area contributed by atoms with Crippen LogP contribution in [0.5, 0.6) is 0 Å². The van der Waals surface area contributed by atoms with Crippen LogP contribution < -0.4 is 5.32 Å². The number of halogens is 1. The molecule has 0 unspecified atom stereocenters. The number of sulfonamides is 1. The van der Waals surface area contributed by atoms with Crippen LogP contribution >= 0.6 is 11.6 Å². The van der Waals surface area contributed by atoms with E-state index in [0.29, 0.717) is 10.6 Å². The number of benzene rings is 2. The Balaban J connectivity index is 1.78. The largest absolute Gasteiger partial charge is 0.403 e. The van der Waals surface area contributed by atoms with E-state index >= 15 is 0 Å². The van der Waals surface area contributed by atoms with Gasteiger partial charge in [0.05, 0.1) is 15.5 Å². The summed E-state index contributed by atoms with van der Waals surface area (Å²) < 4.78 is 30.7. The smallest absolute Gasteiger partial charge is 0.322 e. The van der Waals surface area contributed by atoms with Crippen molar-refractivity contribution in [2.45, 2.75) is 4.90 Å². The van der Waals surface area contributed by atoms with Crippen molar-refractivity contribution >= 4 is 33.5 Å². The molecule has 0 aliphatic rings. The summed E-state index contributed by atoms with van der Waals surface area (Å²) in [6, 6.07) is 12.4. The molecular weight excluding hydrogens is 392 g/mol. The highest BCUT2D eigenvalue weighted by atomic mass is 35.5. The van der Waals surface area contributed by atoms with Gasteiger partial charge in [0.2, 0.25) is 15.9 Å². The van der Waals surface area contributed by atoms with Crippen LogP contribution in [-0.4, -0.2) is 42.9 Å². The molecule has 1 N–H and O–H groups in total. The summed E-state index contributed by atoms with van der Waals surface area (Å²) in [6.07, 6.45) is 0. The monoisotopic (exact) mass is 406 g/mol. The normalized spacial score (nSPS) is 11.6. The highest BCUT2D eigenvalue weighted by molar-refractivity contribution is 7.89. The van der Waals surface area contributed by atoms with Crippen LogP contribution in [0.15, 0.2) is 57.8 Å². The molecule has 0 aliphatic carbocycles. The fraction of sp³-hybridized carbons (Fsp3) is 0.118. The van der Waals surface area contributed by atoms with Gasteiger partial charge in [-0.05, 0) is 36.4 Å². The molecule has 3 aromatic rings. The summed E-state index contributed by atoms with van der Waals surface area (Å²) in [5.74, 6) is -0.346. The second-order valence-corrected chi connectivity index (χ2v) is 8.22. The third-order valence-electron chi connectivity index (χ3n) is 3.64. The number of aromatic nitrogens is 2. The number of nitrogens with zero attached hydrogens (tertiary/aromatic N) is 3. The van der Waals surface area contributed by atoms with Gasteiger partial charge >= 0.3 is 6.01 Å². The number of carbonyl (C=O) groups is 1. The van der Waals surface area contributed by atoms with Gasteiger partial charge in [0.1, 0.15) is 0 Å². The lowest BCUT2D eigenvalue weighted by atomic mass is 10.2. The molecule has 0 saturated heterocycles. The van der Waals surface area contributed by atoms with Gasteiger partial charge in [0, 0.05) is 19.7 Å². The molecule has 0 fully saturated rings. The molecule has 1 aromatic heterocycles. The fourth-order valence-corrected chi connectivity index (χ4v) is 3.30. The van der Waals surface area contributed by atoms with Crippen molar-refractivity contribution in [1.29, 1.82) is 0 Å². The molecule has 0 aliphatic heterocycles. The maximum atomic E-state index is 12.2. The van der Waals surface area contributed by atoms with Crippen LogP contribution in [0.1, 0.15) is 10.4 Å². The van der Waals surface area contributed by atoms with Crippen molar-refractivity contribution in [2.24, 2.45) is 0 Å². The SMILES string of the molecule is CN(C)S(=O)(=O)c1ccc(-c2nnc(NC(=O)c3ccccc3Cl)o2)cc1. The van der Waals surface area contributed by atoms with Crippen LogP contribution in [0.4, 0.5) is 6.01 Å². The van der Waals surface area contributed by atoms with Crippen LogP contribution in [0.3, 0.4) is 0 Å². The maximum absolute atomic E-state index is 12.2. The quantitative estimate of drug-likeness (QED) is 0.698. The number of amides is 1. The van der Waals surface area contributed by atoms with E-state index in [1.807, 2.05) is 0 Å². The molecule has 0 radical (unpaired) electrons. The van der Waals surface area contributed by atoms with Crippen molar-refractivity contribution in [3.05, 3.63) is 59.1 Å². The molecule has 140 valence electrons. The van der Waals surface area contributed by atoms with Gasteiger partial charge in [-0.1, -0.05) is 28.8 Å². The Hall–Kier alpha value is -2.75. The predicted octanol–water partition coefficient (Wildman–Crippen LogP) is 2.89. The summed E-state index contributed by atoms with van der Waals surface area (Å²) in [7, 11) is -0.617. The average Bonchev–Trinajstić information content (AvgIpc) is 3.10. The van der Waals surface area contributed by atoms with Gasteiger partial charge in [0.15, 0.2) is 0 Å². The Kier molecular flexibility index (Phi) is 5.26. The molecule has 2 aromatic carbocycles. The molecule has 27 heavy (non-hydrogen) atoms. The molecule has 0 saturated carbocycles. The number of anilines is 1. The van der Waals surface area contributed by atoms with E-state index < -0.39 is 15.9 Å². The summed E-state index contributed by atoms with van der Waals surface area (Å²) in [5, 5.41) is 10.4. The molecule has 1 heterocycles. The lowest BCUT2D eigenvalue weighted by Crippen LogP contribution is -2.22. The Morgan fingerprint density at radius 1 is 1.07 bits per heavy atom. The van der Waals surface area contributed by atoms with E-state index in [9.17, 15) is 13.2 Å². The summed E-state index contributed by atoms with van der Waals surface area (Å²) in [4.78, 5) is 12.3. The van der Waals surface area contributed by atoms with Crippen LogP contribution in [0.2, 0.25) is 5.02 Å². The van der Waals surface area contributed by atoms with Crippen LogP contribution in [-0.2, 0) is 10.0 Å². The number of hydrogen-bond donors (Lipinski definition) is 1. The van der Waals surface area contributed by atoms with Gasteiger partial charge in [-0.15, -0.1) is 5.10 Å². The minimum absolute atomic E-state index is 0.0973. The van der Waals surface area contributed by atoms with Gasteiger partial charge in [-0.2, -0.15) is 0 Å². The zero-order valence-corrected chi connectivity index (χ0v) is 16.0. The van der Waals surface area contributed by atoms with Crippen LogP contribution in [0.25, 0.3) is 11.5 Å². The minimum atomic E-state index is -3.52. The van der Waals surface area contributed by atoms with E-state index in [-0.39, 0.29) is 22.4 Å². The molecule has 8 nitrogen and oxygen atoms in total. The number of rotatable bonds is 5. The molecule has 0 bridgehead atoms. The molecule has 1 amide bonds. The lowest BCUT2D eigenvalue weighted by Gasteiger charge is -2.11. The Morgan fingerprint density at radius 3 is 2.37 bits per heavy atom. The molecule has 0 spiro atoms. The number of nitrogens with one attached hydrogen (secondary N) is 1. The zero-order valence-electron chi connectivity index (χ0n) is 14.4. The van der Waals surface area contributed by atoms with Gasteiger partial charge in [-0.25, -0.2) is 12.7 Å². The average molecular weight is 407 g/mol. The molecule has 3 rings (SSSR count). The van der Waals surface area contributed by atoms with E-state index in [4.69, 9.17) is 16.0 Å². The second kappa shape index (κ2) is 7.47. The topological polar surface area (TPSA) is 105 Å². The van der Waals surface area contributed by atoms with Crippen molar-refractivity contribution in [3.8, 4) is 11.5 Å². The van der Waals surface area contributed by atoms with Crippen molar-refractivity contribution in [3.63, 3.8) is 0 Å². The highest BCUT2D eigenvalue weighted by Crippen LogP contribution is 2.23. The minimum Gasteiger partial charge on any atom is -0.403 e. The maximum Gasteiger partial charge on any atom is 0.322 e. The zero-order chi connectivity index (χ0) is 19.6. The van der Waals surface area contributed by atoms with Gasteiger partial charge in [-0.3, -0.25) is 10.1 Å². The van der Waals surface area contributed by atoms with E-state index in [1.165, 1.54) is 26.2 Å². The van der Waals surface area contributed by atoms with Crippen molar-refractivity contribution in [2.75, 3.05) is 19.4 Å². The first kappa shape index (κ1) is 19.0. The first-order valence-electron chi connectivity index (χ1n) is 7.71. The third kappa shape index (κ3) is 4.00. The molecule has 10 heteroatoms. The summed E-state index contributed by atoms with van der Waals surface area (Å²) in [6.45, 7) is 0. The predicted molar refractivity (Wildman–Crippen MR) is 100 cm³/mol. The van der Waals surface area contributed by atoms with E-state index in [2.05, 4.69) is 15.5 Å².